The zero-order chi connectivity index (χ0) is 19.4. The average molecular weight is 371 g/mol. The summed E-state index contributed by atoms with van der Waals surface area (Å²) >= 11 is 0. The van der Waals surface area contributed by atoms with Gasteiger partial charge in [-0.15, -0.1) is 0 Å². The minimum Gasteiger partial charge on any atom is -0.496 e. The third-order valence-electron chi connectivity index (χ3n) is 4.96. The second-order valence-electron chi connectivity index (χ2n) is 7.12. The summed E-state index contributed by atoms with van der Waals surface area (Å²) in [4.78, 5) is 13.5. The van der Waals surface area contributed by atoms with Crippen molar-refractivity contribution < 1.29 is 24.1 Å². The number of nitrogens with zero attached hydrogens (tertiary/aromatic N) is 1. The standard InChI is InChI=1S/C21H25NO5/c1-21(20(23)24)8-9-22(14-21)13-15-4-6-16(7-5-15)27-19-11-17(25-2)10-18(12-19)26-3/h4-7,10-12H,8-9,13-14H2,1-3H3,(H,23,24). The van der Waals surface area contributed by atoms with Crippen LogP contribution in [0.2, 0.25) is 0 Å². The Morgan fingerprint density at radius 3 is 2.15 bits per heavy atom. The van der Waals surface area contributed by atoms with E-state index in [0.717, 1.165) is 18.7 Å². The Morgan fingerprint density at radius 2 is 1.63 bits per heavy atom. The number of hydrogen-bond acceptors (Lipinski definition) is 5. The second kappa shape index (κ2) is 7.88. The predicted molar refractivity (Wildman–Crippen MR) is 102 cm³/mol. The van der Waals surface area contributed by atoms with E-state index < -0.39 is 11.4 Å². The van der Waals surface area contributed by atoms with E-state index in [-0.39, 0.29) is 0 Å². The van der Waals surface area contributed by atoms with Gasteiger partial charge in [0.1, 0.15) is 23.0 Å². The van der Waals surface area contributed by atoms with Gasteiger partial charge in [-0.25, -0.2) is 0 Å². The van der Waals surface area contributed by atoms with Crippen molar-refractivity contribution in [2.45, 2.75) is 19.9 Å². The minimum absolute atomic E-state index is 0.574. The molecule has 1 fully saturated rings. The molecule has 27 heavy (non-hydrogen) atoms. The van der Waals surface area contributed by atoms with Gasteiger partial charge in [0, 0.05) is 31.3 Å². The smallest absolute Gasteiger partial charge is 0.310 e. The van der Waals surface area contributed by atoms with E-state index in [2.05, 4.69) is 4.90 Å². The number of ether oxygens (including phenoxy) is 3. The molecule has 0 radical (unpaired) electrons. The molecule has 1 aliphatic rings. The molecular weight excluding hydrogens is 346 g/mol. The van der Waals surface area contributed by atoms with Crippen LogP contribution in [0.3, 0.4) is 0 Å². The summed E-state index contributed by atoms with van der Waals surface area (Å²) in [5.74, 6) is 1.96. The molecule has 1 heterocycles. The number of methoxy groups -OCH3 is 2. The molecule has 0 amide bonds. The molecule has 2 aromatic rings. The van der Waals surface area contributed by atoms with Crippen LogP contribution in [0.15, 0.2) is 42.5 Å². The molecular formula is C21H25NO5. The number of carboxylic acid groups (broad SMARTS) is 1. The van der Waals surface area contributed by atoms with Crippen LogP contribution in [0.1, 0.15) is 18.9 Å². The number of carbonyl (C=O) groups is 1. The van der Waals surface area contributed by atoms with Crippen molar-refractivity contribution in [2.75, 3.05) is 27.3 Å². The molecule has 0 spiro atoms. The Labute approximate surface area is 159 Å². The number of hydrogen-bond donors (Lipinski definition) is 1. The lowest BCUT2D eigenvalue weighted by molar-refractivity contribution is -0.147. The van der Waals surface area contributed by atoms with Crippen molar-refractivity contribution in [3.8, 4) is 23.0 Å². The fourth-order valence-electron chi connectivity index (χ4n) is 3.26. The first-order valence-corrected chi connectivity index (χ1v) is 8.87. The molecule has 1 atom stereocenters. The van der Waals surface area contributed by atoms with Crippen LogP contribution >= 0.6 is 0 Å². The first-order chi connectivity index (χ1) is 12.9. The summed E-state index contributed by atoms with van der Waals surface area (Å²) < 4.78 is 16.4. The highest BCUT2D eigenvalue weighted by atomic mass is 16.5. The fraction of sp³-hybridized carbons (Fsp3) is 0.381. The van der Waals surface area contributed by atoms with Crippen molar-refractivity contribution in [3.05, 3.63) is 48.0 Å². The Balaban J connectivity index is 1.64. The van der Waals surface area contributed by atoms with Gasteiger partial charge in [0.2, 0.25) is 0 Å². The Morgan fingerprint density at radius 1 is 1.04 bits per heavy atom. The summed E-state index contributed by atoms with van der Waals surface area (Å²) in [6.07, 6.45) is 0.682. The monoisotopic (exact) mass is 371 g/mol. The summed E-state index contributed by atoms with van der Waals surface area (Å²) in [7, 11) is 3.20. The van der Waals surface area contributed by atoms with E-state index in [1.807, 2.05) is 31.2 Å². The van der Waals surface area contributed by atoms with Gasteiger partial charge in [-0.05, 0) is 37.6 Å². The highest BCUT2D eigenvalue weighted by molar-refractivity contribution is 5.74. The molecule has 6 heteroatoms. The lowest BCUT2D eigenvalue weighted by Gasteiger charge is -2.20. The molecule has 1 N–H and O–H groups in total. The van der Waals surface area contributed by atoms with E-state index in [1.165, 1.54) is 0 Å². The number of benzene rings is 2. The summed E-state index contributed by atoms with van der Waals surface area (Å²) in [6, 6.07) is 13.2. The number of carboxylic acids is 1. The topological polar surface area (TPSA) is 68.2 Å². The fourth-order valence-corrected chi connectivity index (χ4v) is 3.26. The molecule has 1 aliphatic heterocycles. The predicted octanol–water partition coefficient (Wildman–Crippen LogP) is 3.79. The van der Waals surface area contributed by atoms with E-state index in [4.69, 9.17) is 14.2 Å². The van der Waals surface area contributed by atoms with Crippen molar-refractivity contribution >= 4 is 5.97 Å². The summed E-state index contributed by atoms with van der Waals surface area (Å²) in [5.41, 5.74) is 0.481. The van der Waals surface area contributed by atoms with Crippen LogP contribution in [0, 0.1) is 5.41 Å². The zero-order valence-corrected chi connectivity index (χ0v) is 15.9. The zero-order valence-electron chi connectivity index (χ0n) is 15.9. The molecule has 0 aliphatic carbocycles. The maximum Gasteiger partial charge on any atom is 0.310 e. The molecule has 0 bridgehead atoms. The number of aliphatic carboxylic acids is 1. The third-order valence-corrected chi connectivity index (χ3v) is 4.96. The van der Waals surface area contributed by atoms with E-state index in [9.17, 15) is 9.90 Å². The van der Waals surface area contributed by atoms with Crippen LogP contribution in [-0.2, 0) is 11.3 Å². The molecule has 144 valence electrons. The SMILES string of the molecule is COc1cc(OC)cc(Oc2ccc(CN3CCC(C)(C(=O)O)C3)cc2)c1. The van der Waals surface area contributed by atoms with E-state index in [1.54, 1.807) is 32.4 Å². The van der Waals surface area contributed by atoms with Crippen LogP contribution in [0.4, 0.5) is 0 Å². The lowest BCUT2D eigenvalue weighted by atomic mass is 9.90. The van der Waals surface area contributed by atoms with E-state index >= 15 is 0 Å². The Kier molecular flexibility index (Phi) is 5.56. The molecule has 3 rings (SSSR count). The van der Waals surface area contributed by atoms with Crippen molar-refractivity contribution in [1.29, 1.82) is 0 Å². The molecule has 0 aromatic heterocycles. The van der Waals surface area contributed by atoms with Gasteiger partial charge in [0.25, 0.3) is 0 Å². The maximum absolute atomic E-state index is 11.4. The van der Waals surface area contributed by atoms with Gasteiger partial charge in [0.15, 0.2) is 0 Å². The normalized spacial score (nSPS) is 19.7. The number of rotatable bonds is 7. The minimum atomic E-state index is -0.720. The van der Waals surface area contributed by atoms with Crippen LogP contribution in [0.5, 0.6) is 23.0 Å². The molecule has 6 nitrogen and oxygen atoms in total. The first kappa shape index (κ1) is 19.0. The molecule has 2 aromatic carbocycles. The summed E-state index contributed by atoms with van der Waals surface area (Å²) in [6.45, 7) is 3.92. The Bertz CT molecular complexity index is 782. The largest absolute Gasteiger partial charge is 0.496 e. The van der Waals surface area contributed by atoms with Crippen LogP contribution < -0.4 is 14.2 Å². The molecule has 1 unspecified atom stereocenters. The second-order valence-corrected chi connectivity index (χ2v) is 7.12. The molecule has 1 saturated heterocycles. The Hall–Kier alpha value is -2.73. The van der Waals surface area contributed by atoms with Crippen molar-refractivity contribution in [3.63, 3.8) is 0 Å². The van der Waals surface area contributed by atoms with Gasteiger partial charge < -0.3 is 19.3 Å². The van der Waals surface area contributed by atoms with Crippen LogP contribution in [-0.4, -0.2) is 43.3 Å². The average Bonchev–Trinajstić information content (AvgIpc) is 3.05. The summed E-state index contributed by atoms with van der Waals surface area (Å²) in [5, 5.41) is 9.35. The van der Waals surface area contributed by atoms with Gasteiger partial charge in [-0.1, -0.05) is 12.1 Å². The van der Waals surface area contributed by atoms with Gasteiger partial charge >= 0.3 is 5.97 Å². The van der Waals surface area contributed by atoms with Gasteiger partial charge in [-0.2, -0.15) is 0 Å². The van der Waals surface area contributed by atoms with Crippen LogP contribution in [0.25, 0.3) is 0 Å². The highest BCUT2D eigenvalue weighted by Gasteiger charge is 2.40. The lowest BCUT2D eigenvalue weighted by Crippen LogP contribution is -2.31. The number of likely N-dealkylation sites (tertiary alicyclic amines) is 1. The highest BCUT2D eigenvalue weighted by Crippen LogP contribution is 2.32. The van der Waals surface area contributed by atoms with Gasteiger partial charge in [0.05, 0.1) is 19.6 Å². The first-order valence-electron chi connectivity index (χ1n) is 8.87. The third kappa shape index (κ3) is 4.52. The van der Waals surface area contributed by atoms with Crippen molar-refractivity contribution in [1.82, 2.24) is 4.90 Å². The molecule has 0 saturated carbocycles. The quantitative estimate of drug-likeness (QED) is 0.799. The van der Waals surface area contributed by atoms with Gasteiger partial charge in [-0.3, -0.25) is 9.69 Å². The maximum atomic E-state index is 11.4. The van der Waals surface area contributed by atoms with E-state index in [0.29, 0.717) is 36.0 Å². The van der Waals surface area contributed by atoms with Crippen molar-refractivity contribution in [2.24, 2.45) is 5.41 Å².